The third-order valence-corrected chi connectivity index (χ3v) is 8.26. The van der Waals surface area contributed by atoms with E-state index in [4.69, 9.17) is 23.2 Å². The molecule has 11 heteroatoms. The first kappa shape index (κ1) is 29.6. The second kappa shape index (κ2) is 10.8. The van der Waals surface area contributed by atoms with Crippen LogP contribution in [0.15, 0.2) is 54.6 Å². The first-order chi connectivity index (χ1) is 19.8. The SMILES string of the molecule is CC(C)(C)C[C@@H]1N[C@@H](C(=O)Nc2ccc3c(c2)C(=O)NC3=O)[C@H](c2cccc(Cl)c2F)[C@@]1(C#N)c1ccc(Cl)cc1F. The van der Waals surface area contributed by atoms with E-state index in [1.54, 1.807) is 0 Å². The third kappa shape index (κ3) is 5.04. The van der Waals surface area contributed by atoms with Crippen molar-refractivity contribution in [2.75, 3.05) is 5.32 Å². The molecule has 0 saturated carbocycles. The van der Waals surface area contributed by atoms with Crippen molar-refractivity contribution in [1.29, 1.82) is 5.26 Å². The number of amides is 3. The van der Waals surface area contributed by atoms with Crippen LogP contribution in [0.2, 0.25) is 10.0 Å². The maximum atomic E-state index is 15.8. The number of nitriles is 1. The highest BCUT2D eigenvalue weighted by Gasteiger charge is 2.61. The Morgan fingerprint density at radius 3 is 2.43 bits per heavy atom. The molecular formula is C31H26Cl2F2N4O3. The van der Waals surface area contributed by atoms with Crippen LogP contribution in [0.1, 0.15) is 65.0 Å². The maximum Gasteiger partial charge on any atom is 0.259 e. The largest absolute Gasteiger partial charge is 0.325 e. The maximum absolute atomic E-state index is 15.8. The number of carbonyl (C=O) groups is 3. The van der Waals surface area contributed by atoms with Gasteiger partial charge in [-0.15, -0.1) is 0 Å². The zero-order valence-corrected chi connectivity index (χ0v) is 24.3. The standard InChI is InChI=1S/C31H26Cl2F2N4O3/c1-30(2,3)13-23-31(14-36,20-10-7-15(32)11-22(20)34)24(18-5-4-6-21(33)25(18)35)26(38-23)29(42)37-16-8-9-17-19(12-16)28(41)39-27(17)40/h4-12,23-24,26,38H,13H2,1-3H3,(H,37,42)(H,39,40,41)/t23-,24-,26+,31-/m0/s1. The monoisotopic (exact) mass is 610 g/mol. The molecule has 42 heavy (non-hydrogen) atoms. The number of nitrogens with zero attached hydrogens (tertiary/aromatic N) is 1. The average molecular weight is 611 g/mol. The lowest BCUT2D eigenvalue weighted by molar-refractivity contribution is -0.118. The van der Waals surface area contributed by atoms with Gasteiger partial charge < -0.3 is 10.6 Å². The van der Waals surface area contributed by atoms with Crippen molar-refractivity contribution < 1.29 is 23.2 Å². The highest BCUT2D eigenvalue weighted by Crippen LogP contribution is 2.53. The Morgan fingerprint density at radius 2 is 1.76 bits per heavy atom. The summed E-state index contributed by atoms with van der Waals surface area (Å²) in [6.07, 6.45) is 0.312. The van der Waals surface area contributed by atoms with E-state index in [9.17, 15) is 19.6 Å². The Bertz CT molecular complexity index is 1680. The van der Waals surface area contributed by atoms with Crippen LogP contribution in [0.4, 0.5) is 14.5 Å². The smallest absolute Gasteiger partial charge is 0.259 e. The fourth-order valence-electron chi connectivity index (χ4n) is 6.02. The number of benzene rings is 3. The van der Waals surface area contributed by atoms with Crippen molar-refractivity contribution in [2.45, 2.75) is 50.6 Å². The second-order valence-electron chi connectivity index (χ2n) is 11.7. The molecule has 3 amide bonds. The molecule has 0 spiro atoms. The van der Waals surface area contributed by atoms with Crippen LogP contribution in [0.3, 0.4) is 0 Å². The van der Waals surface area contributed by atoms with E-state index in [2.05, 4.69) is 22.0 Å². The van der Waals surface area contributed by atoms with E-state index >= 15 is 8.78 Å². The van der Waals surface area contributed by atoms with Crippen LogP contribution in [0.5, 0.6) is 0 Å². The molecule has 0 aliphatic carbocycles. The molecule has 1 saturated heterocycles. The molecule has 0 radical (unpaired) electrons. The highest BCUT2D eigenvalue weighted by atomic mass is 35.5. The Labute approximate surface area is 251 Å². The summed E-state index contributed by atoms with van der Waals surface area (Å²) in [5.41, 5.74) is -1.79. The molecule has 0 unspecified atom stereocenters. The Morgan fingerprint density at radius 1 is 1.05 bits per heavy atom. The van der Waals surface area contributed by atoms with Gasteiger partial charge in [-0.25, -0.2) is 8.78 Å². The van der Waals surface area contributed by atoms with Gasteiger partial charge in [0.15, 0.2) is 0 Å². The predicted molar refractivity (Wildman–Crippen MR) is 155 cm³/mol. The summed E-state index contributed by atoms with van der Waals surface area (Å²) in [4.78, 5) is 38.2. The van der Waals surface area contributed by atoms with Gasteiger partial charge in [-0.3, -0.25) is 19.7 Å². The lowest BCUT2D eigenvalue weighted by Crippen LogP contribution is -2.45. The molecule has 3 aromatic rings. The topological polar surface area (TPSA) is 111 Å². The molecule has 4 atom stereocenters. The van der Waals surface area contributed by atoms with Gasteiger partial charge in [0.1, 0.15) is 17.0 Å². The Balaban J connectivity index is 1.68. The molecule has 3 aromatic carbocycles. The minimum absolute atomic E-state index is 0.0384. The molecule has 2 heterocycles. The van der Waals surface area contributed by atoms with Crippen LogP contribution in [-0.2, 0) is 10.2 Å². The van der Waals surface area contributed by atoms with E-state index < -0.39 is 58.2 Å². The van der Waals surface area contributed by atoms with Crippen molar-refractivity contribution in [3.8, 4) is 6.07 Å². The number of nitrogens with one attached hydrogen (secondary N) is 3. The summed E-state index contributed by atoms with van der Waals surface area (Å²) in [6.45, 7) is 5.82. The summed E-state index contributed by atoms with van der Waals surface area (Å²) < 4.78 is 31.5. The van der Waals surface area contributed by atoms with Gasteiger partial charge >= 0.3 is 0 Å². The van der Waals surface area contributed by atoms with Crippen LogP contribution < -0.4 is 16.0 Å². The van der Waals surface area contributed by atoms with Gasteiger partial charge in [0, 0.05) is 28.2 Å². The van der Waals surface area contributed by atoms with E-state index in [-0.39, 0.29) is 38.0 Å². The van der Waals surface area contributed by atoms with E-state index in [0.29, 0.717) is 6.42 Å². The minimum atomic E-state index is -1.78. The average Bonchev–Trinajstić information content (AvgIpc) is 3.38. The van der Waals surface area contributed by atoms with Gasteiger partial charge in [0.2, 0.25) is 5.91 Å². The number of imide groups is 1. The number of anilines is 1. The molecule has 0 aromatic heterocycles. The quantitative estimate of drug-likeness (QED) is 0.302. The number of halogens is 4. The van der Waals surface area contributed by atoms with Crippen molar-refractivity contribution in [3.63, 3.8) is 0 Å². The molecular weight excluding hydrogens is 585 g/mol. The molecule has 5 rings (SSSR count). The van der Waals surface area contributed by atoms with Crippen LogP contribution in [0.25, 0.3) is 0 Å². The normalized spacial score (nSPS) is 23.3. The van der Waals surface area contributed by atoms with Crippen molar-refractivity contribution in [3.05, 3.63) is 98.5 Å². The first-order valence-corrected chi connectivity index (χ1v) is 13.9. The molecule has 216 valence electrons. The lowest BCUT2D eigenvalue weighted by Gasteiger charge is -2.37. The fraction of sp³-hybridized carbons (Fsp3) is 0.290. The van der Waals surface area contributed by atoms with Crippen molar-refractivity contribution >= 4 is 46.6 Å². The van der Waals surface area contributed by atoms with Gasteiger partial charge in [-0.1, -0.05) is 62.2 Å². The number of carbonyl (C=O) groups excluding carboxylic acids is 3. The molecule has 0 bridgehead atoms. The lowest BCUT2D eigenvalue weighted by atomic mass is 9.62. The summed E-state index contributed by atoms with van der Waals surface area (Å²) >= 11 is 12.2. The number of fused-ring (bicyclic) bond motifs is 1. The first-order valence-electron chi connectivity index (χ1n) is 13.1. The summed E-state index contributed by atoms with van der Waals surface area (Å²) in [7, 11) is 0. The zero-order chi connectivity index (χ0) is 30.6. The highest BCUT2D eigenvalue weighted by molar-refractivity contribution is 6.31. The third-order valence-electron chi connectivity index (χ3n) is 7.74. The Hall–Kier alpha value is -3.84. The van der Waals surface area contributed by atoms with Gasteiger partial charge in [0.25, 0.3) is 11.8 Å². The van der Waals surface area contributed by atoms with Gasteiger partial charge in [-0.2, -0.15) is 5.26 Å². The van der Waals surface area contributed by atoms with Crippen LogP contribution in [-0.4, -0.2) is 29.8 Å². The zero-order valence-electron chi connectivity index (χ0n) is 22.8. The number of hydrogen-bond donors (Lipinski definition) is 3. The van der Waals surface area contributed by atoms with Crippen LogP contribution in [0, 0.1) is 28.4 Å². The molecule has 2 aliphatic heterocycles. The van der Waals surface area contributed by atoms with E-state index in [1.165, 1.54) is 48.5 Å². The molecule has 7 nitrogen and oxygen atoms in total. The number of hydrogen-bond acceptors (Lipinski definition) is 5. The molecule has 2 aliphatic rings. The Kier molecular flexibility index (Phi) is 7.60. The van der Waals surface area contributed by atoms with E-state index in [0.717, 1.165) is 6.07 Å². The summed E-state index contributed by atoms with van der Waals surface area (Å²) in [5, 5.41) is 19.0. The molecule has 3 N–H and O–H groups in total. The van der Waals surface area contributed by atoms with Gasteiger partial charge in [0.05, 0.1) is 28.3 Å². The van der Waals surface area contributed by atoms with Crippen molar-refractivity contribution in [1.82, 2.24) is 10.6 Å². The predicted octanol–water partition coefficient (Wildman–Crippen LogP) is 6.12. The van der Waals surface area contributed by atoms with E-state index in [1.807, 2.05) is 20.8 Å². The second-order valence-corrected chi connectivity index (χ2v) is 12.6. The number of rotatable bonds is 5. The summed E-state index contributed by atoms with van der Waals surface area (Å²) in [6, 6.07) is 12.7. The van der Waals surface area contributed by atoms with Crippen molar-refractivity contribution in [2.24, 2.45) is 5.41 Å². The minimum Gasteiger partial charge on any atom is -0.325 e. The fourth-order valence-corrected chi connectivity index (χ4v) is 6.36. The summed E-state index contributed by atoms with van der Waals surface area (Å²) in [5.74, 6) is -4.65. The van der Waals surface area contributed by atoms with Crippen LogP contribution >= 0.6 is 23.2 Å². The van der Waals surface area contributed by atoms with Gasteiger partial charge in [-0.05, 0) is 53.8 Å². The molecule has 1 fully saturated rings.